The minimum atomic E-state index is -0.366. The molecule has 1 unspecified atom stereocenters. The van der Waals surface area contributed by atoms with Gasteiger partial charge in [0.2, 0.25) is 17.1 Å². The average molecular weight is 408 g/mol. The number of hydrogen-bond acceptors (Lipinski definition) is 8. The number of nitrogens with one attached hydrogen (secondary N) is 2. The Labute approximate surface area is 170 Å². The molecule has 0 amide bonds. The van der Waals surface area contributed by atoms with Gasteiger partial charge in [-0.3, -0.25) is 5.10 Å². The first-order valence-corrected chi connectivity index (χ1v) is 9.64. The molecule has 0 spiro atoms. The second-order valence-electron chi connectivity index (χ2n) is 6.07. The van der Waals surface area contributed by atoms with E-state index >= 15 is 0 Å². The van der Waals surface area contributed by atoms with Gasteiger partial charge < -0.3 is 11.1 Å². The number of hydrogen-bond donors (Lipinski definition) is 3. The summed E-state index contributed by atoms with van der Waals surface area (Å²) in [6, 6.07) is 15.9. The van der Waals surface area contributed by atoms with E-state index in [1.807, 2.05) is 37.3 Å². The normalized spacial score (nSPS) is 11.9. The number of halogens is 1. The molecule has 0 aliphatic heterocycles. The van der Waals surface area contributed by atoms with Crippen LogP contribution in [0.25, 0.3) is 11.4 Å². The number of thioether (sulfide) groups is 1. The molecule has 10 heteroatoms. The van der Waals surface area contributed by atoms with Crippen LogP contribution in [0.3, 0.4) is 0 Å². The summed E-state index contributed by atoms with van der Waals surface area (Å²) in [6.45, 7) is 1.91. The maximum absolute atomic E-state index is 13.9. The summed E-state index contributed by atoms with van der Waals surface area (Å²) in [5, 5.41) is 10.3. The number of nitrogens with zero attached hydrogens (tertiary/aromatic N) is 5. The zero-order valence-electron chi connectivity index (χ0n) is 15.4. The van der Waals surface area contributed by atoms with Crippen LogP contribution in [0, 0.1) is 5.82 Å². The Balaban J connectivity index is 1.51. The van der Waals surface area contributed by atoms with Crippen LogP contribution in [0.4, 0.5) is 22.0 Å². The third-order valence-corrected chi connectivity index (χ3v) is 4.90. The molecule has 0 saturated carbocycles. The van der Waals surface area contributed by atoms with Crippen molar-refractivity contribution < 1.29 is 4.39 Å². The van der Waals surface area contributed by atoms with E-state index in [1.165, 1.54) is 17.8 Å². The SMILES string of the molecule is CC(Sc1n[nH]c(-c2ccccc2F)n1)c1nc(N)nc(Nc2ccccc2)n1. The molecular weight excluding hydrogens is 391 g/mol. The number of aromatic amines is 1. The van der Waals surface area contributed by atoms with Crippen molar-refractivity contribution in [3.05, 3.63) is 66.2 Å². The van der Waals surface area contributed by atoms with Gasteiger partial charge in [-0.25, -0.2) is 9.37 Å². The number of H-pyrrole nitrogens is 1. The molecule has 1 atom stereocenters. The van der Waals surface area contributed by atoms with Crippen LogP contribution in [0.2, 0.25) is 0 Å². The molecule has 4 N–H and O–H groups in total. The van der Waals surface area contributed by atoms with E-state index in [9.17, 15) is 4.39 Å². The van der Waals surface area contributed by atoms with Crippen LogP contribution in [0.15, 0.2) is 59.8 Å². The largest absolute Gasteiger partial charge is 0.368 e. The molecule has 4 aromatic rings. The number of aromatic nitrogens is 6. The van der Waals surface area contributed by atoms with Crippen LogP contribution < -0.4 is 11.1 Å². The fourth-order valence-electron chi connectivity index (χ4n) is 2.58. The van der Waals surface area contributed by atoms with Crippen LogP contribution in [-0.4, -0.2) is 30.1 Å². The topological polar surface area (TPSA) is 118 Å². The monoisotopic (exact) mass is 408 g/mol. The Kier molecular flexibility index (Phi) is 5.34. The molecule has 146 valence electrons. The van der Waals surface area contributed by atoms with Gasteiger partial charge in [0.1, 0.15) is 11.6 Å². The molecule has 8 nitrogen and oxygen atoms in total. The third kappa shape index (κ3) is 4.49. The van der Waals surface area contributed by atoms with Gasteiger partial charge in [0.15, 0.2) is 5.82 Å². The lowest BCUT2D eigenvalue weighted by Gasteiger charge is -2.10. The van der Waals surface area contributed by atoms with Crippen molar-refractivity contribution in [1.82, 2.24) is 30.1 Å². The molecular formula is C19H17FN8S. The van der Waals surface area contributed by atoms with Gasteiger partial charge in [-0.2, -0.15) is 15.0 Å². The van der Waals surface area contributed by atoms with E-state index in [2.05, 4.69) is 35.5 Å². The zero-order valence-corrected chi connectivity index (χ0v) is 16.2. The number of para-hydroxylation sites is 1. The molecule has 29 heavy (non-hydrogen) atoms. The maximum atomic E-state index is 13.9. The molecule has 4 rings (SSSR count). The smallest absolute Gasteiger partial charge is 0.232 e. The Morgan fingerprint density at radius 3 is 2.55 bits per heavy atom. The van der Waals surface area contributed by atoms with Crippen LogP contribution >= 0.6 is 11.8 Å². The first kappa shape index (κ1) is 18.8. The van der Waals surface area contributed by atoms with E-state index in [1.54, 1.807) is 18.2 Å². The lowest BCUT2D eigenvalue weighted by atomic mass is 10.2. The molecule has 0 radical (unpaired) electrons. The summed E-state index contributed by atoms with van der Waals surface area (Å²) in [5.74, 6) is 0.948. The molecule has 0 bridgehead atoms. The van der Waals surface area contributed by atoms with Crippen LogP contribution in [0.1, 0.15) is 18.0 Å². The van der Waals surface area contributed by atoms with Crippen molar-refractivity contribution in [1.29, 1.82) is 0 Å². The number of rotatable bonds is 6. The molecule has 0 aliphatic carbocycles. The second-order valence-corrected chi connectivity index (χ2v) is 7.38. The van der Waals surface area contributed by atoms with Crippen molar-refractivity contribution in [2.45, 2.75) is 17.3 Å². The van der Waals surface area contributed by atoms with Gasteiger partial charge in [0, 0.05) is 5.69 Å². The lowest BCUT2D eigenvalue weighted by Crippen LogP contribution is -2.08. The van der Waals surface area contributed by atoms with E-state index in [0.717, 1.165) is 5.69 Å². The molecule has 2 aromatic heterocycles. The number of benzene rings is 2. The van der Waals surface area contributed by atoms with Crippen molar-refractivity contribution in [2.75, 3.05) is 11.1 Å². The minimum Gasteiger partial charge on any atom is -0.368 e. The lowest BCUT2D eigenvalue weighted by molar-refractivity contribution is 0.630. The Bertz CT molecular complexity index is 1120. The molecule has 2 aromatic carbocycles. The van der Waals surface area contributed by atoms with E-state index in [0.29, 0.717) is 28.3 Å². The highest BCUT2D eigenvalue weighted by atomic mass is 32.2. The quantitative estimate of drug-likeness (QED) is 0.410. The molecule has 0 saturated heterocycles. The Morgan fingerprint density at radius 2 is 1.76 bits per heavy atom. The van der Waals surface area contributed by atoms with Crippen LogP contribution in [0.5, 0.6) is 0 Å². The minimum absolute atomic E-state index is 0.114. The third-order valence-electron chi connectivity index (χ3n) is 3.94. The van der Waals surface area contributed by atoms with E-state index in [4.69, 9.17) is 5.73 Å². The molecule has 0 fully saturated rings. The predicted molar refractivity (Wildman–Crippen MR) is 110 cm³/mol. The second kappa shape index (κ2) is 8.23. The fraction of sp³-hybridized carbons (Fsp3) is 0.105. The average Bonchev–Trinajstić information content (AvgIpc) is 3.17. The van der Waals surface area contributed by atoms with Gasteiger partial charge in [0.05, 0.1) is 10.8 Å². The predicted octanol–water partition coefficient (Wildman–Crippen LogP) is 3.97. The van der Waals surface area contributed by atoms with Gasteiger partial charge in [-0.1, -0.05) is 42.1 Å². The number of nitrogens with two attached hydrogens (primary N) is 1. The van der Waals surface area contributed by atoms with Gasteiger partial charge >= 0.3 is 0 Å². The molecule has 2 heterocycles. The summed E-state index contributed by atoms with van der Waals surface area (Å²) in [5.41, 5.74) is 7.05. The van der Waals surface area contributed by atoms with Gasteiger partial charge in [-0.15, -0.1) is 5.10 Å². The summed E-state index contributed by atoms with van der Waals surface area (Å²) in [6.07, 6.45) is 0. The summed E-state index contributed by atoms with van der Waals surface area (Å²) >= 11 is 1.33. The summed E-state index contributed by atoms with van der Waals surface area (Å²) in [4.78, 5) is 17.1. The summed E-state index contributed by atoms with van der Waals surface area (Å²) in [7, 11) is 0. The highest BCUT2D eigenvalue weighted by Gasteiger charge is 2.17. The first-order chi connectivity index (χ1) is 14.1. The Morgan fingerprint density at radius 1 is 1.00 bits per heavy atom. The fourth-order valence-corrected chi connectivity index (χ4v) is 3.35. The van der Waals surface area contributed by atoms with Crippen LogP contribution in [-0.2, 0) is 0 Å². The number of anilines is 3. The van der Waals surface area contributed by atoms with Crippen molar-refractivity contribution in [3.8, 4) is 11.4 Å². The van der Waals surface area contributed by atoms with Gasteiger partial charge in [-0.05, 0) is 31.2 Å². The first-order valence-electron chi connectivity index (χ1n) is 8.76. The van der Waals surface area contributed by atoms with Crippen molar-refractivity contribution in [2.24, 2.45) is 0 Å². The van der Waals surface area contributed by atoms with Crippen molar-refractivity contribution >= 4 is 29.3 Å². The van der Waals surface area contributed by atoms with Crippen molar-refractivity contribution in [3.63, 3.8) is 0 Å². The summed E-state index contributed by atoms with van der Waals surface area (Å²) < 4.78 is 13.9. The molecule has 0 aliphatic rings. The highest BCUT2D eigenvalue weighted by Crippen LogP contribution is 2.32. The Hall–Kier alpha value is -3.53. The standard InChI is InChI=1S/C19H17FN8S/c1-11(29-19-25-16(27-28-19)13-9-5-6-10-14(13)20)15-23-17(21)26-18(24-15)22-12-7-3-2-4-8-12/h2-11H,1H3,(H,25,27,28)(H3,21,22,23,24,26). The van der Waals surface area contributed by atoms with E-state index in [-0.39, 0.29) is 17.0 Å². The highest BCUT2D eigenvalue weighted by molar-refractivity contribution is 7.99. The van der Waals surface area contributed by atoms with E-state index < -0.39 is 0 Å². The number of nitrogen functional groups attached to an aromatic ring is 1. The maximum Gasteiger partial charge on any atom is 0.232 e. The zero-order chi connectivity index (χ0) is 20.2. The van der Waals surface area contributed by atoms with Gasteiger partial charge in [0.25, 0.3) is 0 Å².